The maximum absolute atomic E-state index is 11.2. The van der Waals surface area contributed by atoms with E-state index in [1.807, 2.05) is 97.9 Å². The molecular formula is C28H32O5. The summed E-state index contributed by atoms with van der Waals surface area (Å²) < 4.78 is 24.5. The van der Waals surface area contributed by atoms with E-state index in [1.165, 1.54) is 0 Å². The van der Waals surface area contributed by atoms with Gasteiger partial charge in [0.1, 0.15) is 24.4 Å². The van der Waals surface area contributed by atoms with Crippen LogP contribution in [0, 0.1) is 0 Å². The normalized spacial score (nSPS) is 25.1. The highest BCUT2D eigenvalue weighted by Gasteiger charge is 2.45. The fourth-order valence-corrected chi connectivity index (χ4v) is 4.07. The van der Waals surface area contributed by atoms with Crippen molar-refractivity contribution in [2.24, 2.45) is 0 Å². The molecule has 0 aliphatic carbocycles. The van der Waals surface area contributed by atoms with Gasteiger partial charge in [-0.25, -0.2) is 0 Å². The molecule has 5 atom stereocenters. The van der Waals surface area contributed by atoms with E-state index < -0.39 is 24.4 Å². The van der Waals surface area contributed by atoms with Crippen molar-refractivity contribution < 1.29 is 24.1 Å². The van der Waals surface area contributed by atoms with Gasteiger partial charge in [-0.15, -0.1) is 0 Å². The van der Waals surface area contributed by atoms with Gasteiger partial charge in [-0.1, -0.05) is 91.0 Å². The number of ether oxygens (including phenoxy) is 4. The van der Waals surface area contributed by atoms with Gasteiger partial charge >= 0.3 is 0 Å². The first-order valence-electron chi connectivity index (χ1n) is 11.5. The third-order valence-corrected chi connectivity index (χ3v) is 5.86. The van der Waals surface area contributed by atoms with Gasteiger partial charge in [-0.05, 0) is 23.6 Å². The summed E-state index contributed by atoms with van der Waals surface area (Å²) in [6, 6.07) is 29.9. The molecule has 0 amide bonds. The molecule has 0 radical (unpaired) electrons. The van der Waals surface area contributed by atoms with Crippen LogP contribution in [0.25, 0.3) is 0 Å². The summed E-state index contributed by atoms with van der Waals surface area (Å²) in [6.45, 7) is 3.51. The van der Waals surface area contributed by atoms with Gasteiger partial charge in [0.25, 0.3) is 0 Å². The second kappa shape index (κ2) is 12.1. The predicted octanol–water partition coefficient (Wildman–Crippen LogP) is 4.52. The van der Waals surface area contributed by atoms with E-state index in [0.29, 0.717) is 19.8 Å². The molecule has 1 aliphatic heterocycles. The Bertz CT molecular complexity index is 934. The molecule has 1 saturated heterocycles. The second-order valence-corrected chi connectivity index (χ2v) is 8.39. The number of aliphatic hydroxyl groups excluding tert-OH is 1. The molecule has 1 aliphatic rings. The quantitative estimate of drug-likeness (QED) is 0.494. The van der Waals surface area contributed by atoms with Crippen LogP contribution in [-0.4, -0.2) is 42.2 Å². The molecule has 3 aromatic rings. The zero-order valence-corrected chi connectivity index (χ0v) is 19.0. The van der Waals surface area contributed by atoms with Crippen LogP contribution in [-0.2, 0) is 38.8 Å². The standard InChI is InChI=1S/C28H32O5/c1-21-27(31-18-23-13-7-3-8-14-23)28(32-19-24-15-9-4-10-16-24)26(29)25(33-21)20-30-17-22-11-5-2-6-12-22/h2-16,21,25-29H,17-20H2,1H3. The molecule has 0 bridgehead atoms. The Morgan fingerprint density at radius 1 is 0.667 bits per heavy atom. The lowest BCUT2D eigenvalue weighted by Gasteiger charge is -2.43. The molecule has 3 aromatic carbocycles. The third kappa shape index (κ3) is 6.73. The zero-order chi connectivity index (χ0) is 22.9. The average Bonchev–Trinajstić information content (AvgIpc) is 2.86. The lowest BCUT2D eigenvalue weighted by molar-refractivity contribution is -0.256. The van der Waals surface area contributed by atoms with Crippen LogP contribution >= 0.6 is 0 Å². The topological polar surface area (TPSA) is 57.2 Å². The molecule has 174 valence electrons. The third-order valence-electron chi connectivity index (χ3n) is 5.86. The van der Waals surface area contributed by atoms with Crippen LogP contribution in [0.5, 0.6) is 0 Å². The lowest BCUT2D eigenvalue weighted by atomic mass is 9.95. The van der Waals surface area contributed by atoms with Crippen molar-refractivity contribution in [3.8, 4) is 0 Å². The molecule has 33 heavy (non-hydrogen) atoms. The highest BCUT2D eigenvalue weighted by molar-refractivity contribution is 5.15. The van der Waals surface area contributed by atoms with E-state index in [1.54, 1.807) is 0 Å². The molecular weight excluding hydrogens is 416 g/mol. The van der Waals surface area contributed by atoms with Crippen molar-refractivity contribution in [3.05, 3.63) is 108 Å². The Labute approximate surface area is 195 Å². The molecule has 1 heterocycles. The monoisotopic (exact) mass is 448 g/mol. The number of hydrogen-bond acceptors (Lipinski definition) is 5. The van der Waals surface area contributed by atoms with Gasteiger partial charge in [0.05, 0.1) is 32.5 Å². The van der Waals surface area contributed by atoms with E-state index in [-0.39, 0.29) is 12.7 Å². The van der Waals surface area contributed by atoms with Crippen LogP contribution in [0.4, 0.5) is 0 Å². The van der Waals surface area contributed by atoms with Crippen LogP contribution < -0.4 is 0 Å². The van der Waals surface area contributed by atoms with Crippen LogP contribution in [0.1, 0.15) is 23.6 Å². The van der Waals surface area contributed by atoms with E-state index in [2.05, 4.69) is 0 Å². The number of benzene rings is 3. The predicted molar refractivity (Wildman–Crippen MR) is 126 cm³/mol. The SMILES string of the molecule is CC1OC(COCc2ccccc2)C(O)C(OCc2ccccc2)C1OCc1ccccc1. The van der Waals surface area contributed by atoms with Crippen molar-refractivity contribution in [1.82, 2.24) is 0 Å². The molecule has 1 fully saturated rings. The smallest absolute Gasteiger partial charge is 0.115 e. The van der Waals surface area contributed by atoms with Gasteiger partial charge in [-0.2, -0.15) is 0 Å². The molecule has 0 aromatic heterocycles. The fourth-order valence-electron chi connectivity index (χ4n) is 4.07. The van der Waals surface area contributed by atoms with Crippen molar-refractivity contribution in [1.29, 1.82) is 0 Å². The lowest BCUT2D eigenvalue weighted by Crippen LogP contribution is -2.59. The van der Waals surface area contributed by atoms with Crippen molar-refractivity contribution in [3.63, 3.8) is 0 Å². The minimum absolute atomic E-state index is 0.261. The highest BCUT2D eigenvalue weighted by Crippen LogP contribution is 2.28. The number of rotatable bonds is 10. The van der Waals surface area contributed by atoms with Gasteiger partial charge in [0.15, 0.2) is 0 Å². The first kappa shape index (κ1) is 23.6. The van der Waals surface area contributed by atoms with Gasteiger partial charge < -0.3 is 24.1 Å². The molecule has 5 nitrogen and oxygen atoms in total. The van der Waals surface area contributed by atoms with Crippen molar-refractivity contribution in [2.75, 3.05) is 6.61 Å². The van der Waals surface area contributed by atoms with E-state index in [4.69, 9.17) is 18.9 Å². The number of hydrogen-bond donors (Lipinski definition) is 1. The molecule has 0 spiro atoms. The summed E-state index contributed by atoms with van der Waals surface area (Å²) in [5.74, 6) is 0. The Hall–Kier alpha value is -2.54. The Kier molecular flexibility index (Phi) is 8.64. The maximum Gasteiger partial charge on any atom is 0.115 e. The van der Waals surface area contributed by atoms with Crippen molar-refractivity contribution in [2.45, 2.75) is 57.3 Å². The highest BCUT2D eigenvalue weighted by atomic mass is 16.6. The van der Waals surface area contributed by atoms with Crippen LogP contribution in [0.2, 0.25) is 0 Å². The summed E-state index contributed by atoms with van der Waals surface area (Å²) in [4.78, 5) is 0. The van der Waals surface area contributed by atoms with Crippen LogP contribution in [0.15, 0.2) is 91.0 Å². The molecule has 0 saturated carbocycles. The Morgan fingerprint density at radius 2 is 1.12 bits per heavy atom. The fraction of sp³-hybridized carbons (Fsp3) is 0.357. The largest absolute Gasteiger partial charge is 0.387 e. The first-order chi connectivity index (χ1) is 16.2. The minimum atomic E-state index is -0.874. The Morgan fingerprint density at radius 3 is 1.64 bits per heavy atom. The molecule has 1 N–H and O–H groups in total. The second-order valence-electron chi connectivity index (χ2n) is 8.39. The molecule has 4 rings (SSSR count). The summed E-state index contributed by atoms with van der Waals surface area (Å²) in [5, 5.41) is 11.2. The van der Waals surface area contributed by atoms with E-state index >= 15 is 0 Å². The maximum atomic E-state index is 11.2. The summed E-state index contributed by atoms with van der Waals surface area (Å²) in [7, 11) is 0. The van der Waals surface area contributed by atoms with Gasteiger partial charge in [-0.3, -0.25) is 0 Å². The van der Waals surface area contributed by atoms with E-state index in [9.17, 15) is 5.11 Å². The summed E-state index contributed by atoms with van der Waals surface area (Å²) in [6.07, 6.45) is -2.58. The molecule has 5 unspecified atom stereocenters. The summed E-state index contributed by atoms with van der Waals surface area (Å²) in [5.41, 5.74) is 3.19. The Balaban J connectivity index is 1.41. The van der Waals surface area contributed by atoms with Crippen molar-refractivity contribution >= 4 is 0 Å². The molecule has 5 heteroatoms. The first-order valence-corrected chi connectivity index (χ1v) is 11.5. The summed E-state index contributed by atoms with van der Waals surface area (Å²) >= 11 is 0. The minimum Gasteiger partial charge on any atom is -0.387 e. The zero-order valence-electron chi connectivity index (χ0n) is 19.0. The van der Waals surface area contributed by atoms with E-state index in [0.717, 1.165) is 16.7 Å². The van der Waals surface area contributed by atoms with Gasteiger partial charge in [0.2, 0.25) is 0 Å². The van der Waals surface area contributed by atoms with Gasteiger partial charge in [0, 0.05) is 0 Å². The average molecular weight is 449 g/mol. The number of aliphatic hydroxyl groups is 1. The van der Waals surface area contributed by atoms with Crippen LogP contribution in [0.3, 0.4) is 0 Å².